The van der Waals surface area contributed by atoms with Gasteiger partial charge in [0.1, 0.15) is 0 Å². The van der Waals surface area contributed by atoms with Crippen LogP contribution < -0.4 is 10.6 Å². The Hall–Kier alpha value is -1.40. The summed E-state index contributed by atoms with van der Waals surface area (Å²) in [4.78, 5) is 8.80. The molecule has 2 rings (SSSR count). The fourth-order valence-corrected chi connectivity index (χ4v) is 3.44. The maximum atomic E-state index is 4.55. The largest absolute Gasteiger partial charge is 0.356 e. The fraction of sp³-hybridized carbons (Fsp3) is 0.467. The molecule has 0 aromatic carbocycles. The first-order valence-corrected chi connectivity index (χ1v) is 8.95. The summed E-state index contributed by atoms with van der Waals surface area (Å²) in [5.41, 5.74) is 2.45. The van der Waals surface area contributed by atoms with Crippen molar-refractivity contribution in [1.82, 2.24) is 15.6 Å². The number of hydrogen-bond acceptors (Lipinski definition) is 4. The molecule has 6 heteroatoms. The van der Waals surface area contributed by atoms with Gasteiger partial charge in [-0.25, -0.2) is 4.98 Å². The third-order valence-corrected chi connectivity index (χ3v) is 4.99. The summed E-state index contributed by atoms with van der Waals surface area (Å²) in [5, 5.41) is 14.3. The van der Waals surface area contributed by atoms with Crippen molar-refractivity contribution in [3.63, 3.8) is 0 Å². The molecule has 21 heavy (non-hydrogen) atoms. The van der Waals surface area contributed by atoms with E-state index in [9.17, 15) is 0 Å². The number of nitrogens with zero attached hydrogens (tertiary/aromatic N) is 2. The highest BCUT2D eigenvalue weighted by Crippen LogP contribution is 2.17. The van der Waals surface area contributed by atoms with Crippen molar-refractivity contribution in [3.8, 4) is 0 Å². The maximum absolute atomic E-state index is 4.55. The predicted octanol–water partition coefficient (Wildman–Crippen LogP) is 3.24. The smallest absolute Gasteiger partial charge is 0.191 e. The molecule has 0 aliphatic rings. The molecule has 0 saturated carbocycles. The highest BCUT2D eigenvalue weighted by Gasteiger charge is 2.07. The minimum absolute atomic E-state index is 0.473. The lowest BCUT2D eigenvalue weighted by atomic mass is 10.1. The first-order valence-electron chi connectivity index (χ1n) is 7.12. The SMILES string of the molecule is CCc1nc(CNC(=NC)NCC(C)c2ccsc2)cs1. The Morgan fingerprint density at radius 3 is 2.86 bits per heavy atom. The first kappa shape index (κ1) is 16.0. The van der Waals surface area contributed by atoms with E-state index in [4.69, 9.17) is 0 Å². The Kier molecular flexibility index (Phi) is 6.20. The van der Waals surface area contributed by atoms with Crippen LogP contribution in [-0.4, -0.2) is 24.5 Å². The lowest BCUT2D eigenvalue weighted by Crippen LogP contribution is -2.38. The van der Waals surface area contributed by atoms with Crippen LogP contribution in [0.4, 0.5) is 0 Å². The van der Waals surface area contributed by atoms with Crippen LogP contribution in [0.3, 0.4) is 0 Å². The van der Waals surface area contributed by atoms with Crippen LogP contribution in [0.15, 0.2) is 27.2 Å². The van der Waals surface area contributed by atoms with Crippen LogP contribution in [-0.2, 0) is 13.0 Å². The van der Waals surface area contributed by atoms with E-state index in [2.05, 4.69) is 56.7 Å². The Morgan fingerprint density at radius 1 is 1.38 bits per heavy atom. The summed E-state index contributed by atoms with van der Waals surface area (Å²) in [5.74, 6) is 1.30. The van der Waals surface area contributed by atoms with Crippen molar-refractivity contribution in [2.75, 3.05) is 13.6 Å². The number of rotatable bonds is 6. The van der Waals surface area contributed by atoms with E-state index in [0.717, 1.165) is 24.6 Å². The molecule has 2 N–H and O–H groups in total. The van der Waals surface area contributed by atoms with Crippen LogP contribution in [0.5, 0.6) is 0 Å². The zero-order valence-corrected chi connectivity index (χ0v) is 14.4. The molecule has 2 aromatic rings. The van der Waals surface area contributed by atoms with Crippen molar-refractivity contribution in [2.45, 2.75) is 32.7 Å². The molecule has 0 aliphatic carbocycles. The molecule has 2 aromatic heterocycles. The van der Waals surface area contributed by atoms with Crippen molar-refractivity contribution in [2.24, 2.45) is 4.99 Å². The van der Waals surface area contributed by atoms with Crippen LogP contribution >= 0.6 is 22.7 Å². The molecule has 2 heterocycles. The van der Waals surface area contributed by atoms with E-state index in [0.29, 0.717) is 12.5 Å². The summed E-state index contributed by atoms with van der Waals surface area (Å²) in [6.07, 6.45) is 0.996. The average Bonchev–Trinajstić information content (AvgIpc) is 3.18. The van der Waals surface area contributed by atoms with Crippen LogP contribution in [0.2, 0.25) is 0 Å². The molecule has 0 aliphatic heterocycles. The molecular formula is C15H22N4S2. The van der Waals surface area contributed by atoms with E-state index >= 15 is 0 Å². The van der Waals surface area contributed by atoms with Gasteiger partial charge in [-0.3, -0.25) is 4.99 Å². The van der Waals surface area contributed by atoms with Gasteiger partial charge >= 0.3 is 0 Å². The molecule has 0 saturated heterocycles. The second kappa shape index (κ2) is 8.14. The van der Waals surface area contributed by atoms with Gasteiger partial charge in [-0.2, -0.15) is 11.3 Å². The lowest BCUT2D eigenvalue weighted by molar-refractivity contribution is 0.699. The molecule has 114 valence electrons. The fourth-order valence-electron chi connectivity index (χ4n) is 1.91. The second-order valence-electron chi connectivity index (χ2n) is 4.85. The third kappa shape index (κ3) is 4.82. The summed E-state index contributed by atoms with van der Waals surface area (Å²) in [6.45, 7) is 5.93. The third-order valence-electron chi connectivity index (χ3n) is 3.25. The zero-order valence-electron chi connectivity index (χ0n) is 12.7. The number of aromatic nitrogens is 1. The lowest BCUT2D eigenvalue weighted by Gasteiger charge is -2.15. The monoisotopic (exact) mass is 322 g/mol. The van der Waals surface area contributed by atoms with Gasteiger partial charge in [-0.15, -0.1) is 11.3 Å². The van der Waals surface area contributed by atoms with Crippen LogP contribution in [0.1, 0.15) is 36.0 Å². The van der Waals surface area contributed by atoms with E-state index < -0.39 is 0 Å². The topological polar surface area (TPSA) is 49.3 Å². The highest BCUT2D eigenvalue weighted by atomic mass is 32.1. The molecule has 4 nitrogen and oxygen atoms in total. The van der Waals surface area contributed by atoms with Gasteiger partial charge in [0.25, 0.3) is 0 Å². The molecule has 0 radical (unpaired) electrons. The highest BCUT2D eigenvalue weighted by molar-refractivity contribution is 7.09. The van der Waals surface area contributed by atoms with Gasteiger partial charge in [0.05, 0.1) is 17.2 Å². The van der Waals surface area contributed by atoms with Gasteiger partial charge < -0.3 is 10.6 Å². The molecule has 0 spiro atoms. The van der Waals surface area contributed by atoms with Crippen molar-refractivity contribution < 1.29 is 0 Å². The van der Waals surface area contributed by atoms with Crippen LogP contribution in [0, 0.1) is 0 Å². The quantitative estimate of drug-likeness (QED) is 0.634. The van der Waals surface area contributed by atoms with Gasteiger partial charge in [0, 0.05) is 19.0 Å². The number of hydrogen-bond donors (Lipinski definition) is 2. The molecular weight excluding hydrogens is 300 g/mol. The number of thiazole rings is 1. The molecule has 0 amide bonds. The summed E-state index contributed by atoms with van der Waals surface area (Å²) < 4.78 is 0. The van der Waals surface area contributed by atoms with Gasteiger partial charge in [-0.1, -0.05) is 13.8 Å². The minimum Gasteiger partial charge on any atom is -0.356 e. The number of nitrogens with one attached hydrogen (secondary N) is 2. The first-order chi connectivity index (χ1) is 10.2. The van der Waals surface area contributed by atoms with E-state index in [-0.39, 0.29) is 0 Å². The maximum Gasteiger partial charge on any atom is 0.191 e. The van der Waals surface area contributed by atoms with Crippen LogP contribution in [0.25, 0.3) is 0 Å². The summed E-state index contributed by atoms with van der Waals surface area (Å²) in [6, 6.07) is 2.18. The van der Waals surface area contributed by atoms with Crippen molar-refractivity contribution in [1.29, 1.82) is 0 Å². The average molecular weight is 323 g/mol. The van der Waals surface area contributed by atoms with Gasteiger partial charge in [-0.05, 0) is 34.7 Å². The Morgan fingerprint density at radius 2 is 2.24 bits per heavy atom. The van der Waals surface area contributed by atoms with Crippen molar-refractivity contribution in [3.05, 3.63) is 38.5 Å². The number of aliphatic imine (C=N–C) groups is 1. The molecule has 1 atom stereocenters. The number of aryl methyl sites for hydroxylation is 1. The van der Waals surface area contributed by atoms with E-state index in [1.165, 1.54) is 10.6 Å². The van der Waals surface area contributed by atoms with Gasteiger partial charge in [0.2, 0.25) is 0 Å². The second-order valence-corrected chi connectivity index (χ2v) is 6.57. The Labute approximate surface area is 134 Å². The summed E-state index contributed by atoms with van der Waals surface area (Å²) >= 11 is 3.45. The Balaban J connectivity index is 1.78. The van der Waals surface area contributed by atoms with E-state index in [1.807, 2.05) is 0 Å². The molecule has 0 fully saturated rings. The zero-order chi connectivity index (χ0) is 15.1. The normalized spacial score (nSPS) is 13.2. The Bertz CT molecular complexity index is 560. The molecule has 1 unspecified atom stereocenters. The number of thiophene rings is 1. The van der Waals surface area contributed by atoms with Gasteiger partial charge in [0.15, 0.2) is 5.96 Å². The number of guanidine groups is 1. The summed E-state index contributed by atoms with van der Waals surface area (Å²) in [7, 11) is 1.79. The predicted molar refractivity (Wildman–Crippen MR) is 92.4 cm³/mol. The van der Waals surface area contributed by atoms with E-state index in [1.54, 1.807) is 29.7 Å². The van der Waals surface area contributed by atoms with Crippen molar-refractivity contribution >= 4 is 28.6 Å². The standard InChI is InChI=1S/C15H22N4S2/c1-4-14-19-13(10-21-14)8-18-15(16-3)17-7-11(2)12-5-6-20-9-12/h5-6,9-11H,4,7-8H2,1-3H3,(H2,16,17,18). The molecule has 0 bridgehead atoms. The minimum atomic E-state index is 0.473.